The fourth-order valence-corrected chi connectivity index (χ4v) is 3.38. The second-order valence-electron chi connectivity index (χ2n) is 5.77. The molecule has 0 N–H and O–H groups in total. The van der Waals surface area contributed by atoms with E-state index in [9.17, 15) is 4.79 Å². The molecule has 0 aliphatic carbocycles. The van der Waals surface area contributed by atoms with E-state index < -0.39 is 0 Å². The van der Waals surface area contributed by atoms with E-state index >= 15 is 0 Å². The van der Waals surface area contributed by atoms with Crippen molar-refractivity contribution >= 4 is 11.7 Å². The van der Waals surface area contributed by atoms with Gasteiger partial charge in [0.05, 0.1) is 5.41 Å². The molecule has 0 unspecified atom stereocenters. The van der Waals surface area contributed by atoms with E-state index in [0.717, 1.165) is 44.7 Å². The lowest BCUT2D eigenvalue weighted by atomic mass is 9.78. The van der Waals surface area contributed by atoms with E-state index in [1.165, 1.54) is 0 Å². The predicted molar refractivity (Wildman–Crippen MR) is 75.1 cm³/mol. The number of hydrogen-bond donors (Lipinski definition) is 0. The summed E-state index contributed by atoms with van der Waals surface area (Å²) in [6.07, 6.45) is 2.92. The zero-order chi connectivity index (χ0) is 14.2. The Hall–Kier alpha value is -2.09. The summed E-state index contributed by atoms with van der Waals surface area (Å²) in [6, 6.07) is 7.53. The van der Waals surface area contributed by atoms with Gasteiger partial charge < -0.3 is 9.80 Å². The van der Waals surface area contributed by atoms with Gasteiger partial charge in [-0.25, -0.2) is 4.98 Å². The lowest BCUT2D eigenvalue weighted by molar-refractivity contribution is -0.143. The maximum Gasteiger partial charge on any atom is 0.230 e. The highest BCUT2D eigenvalue weighted by molar-refractivity contribution is 5.84. The third kappa shape index (κ3) is 2.01. The smallest absolute Gasteiger partial charge is 0.230 e. The van der Waals surface area contributed by atoms with E-state index in [1.807, 2.05) is 24.1 Å². The van der Waals surface area contributed by atoms with Crippen molar-refractivity contribution in [2.24, 2.45) is 5.41 Å². The Balaban J connectivity index is 1.82. The molecular weight excluding hydrogens is 252 g/mol. The van der Waals surface area contributed by atoms with Crippen LogP contribution in [0.15, 0.2) is 18.2 Å². The number of rotatable bonds is 1. The molecular formula is C15H18N4O. The molecule has 1 spiro atoms. The van der Waals surface area contributed by atoms with Crippen molar-refractivity contribution in [2.75, 3.05) is 31.6 Å². The number of nitrogens with zero attached hydrogens (tertiary/aromatic N) is 4. The quantitative estimate of drug-likeness (QED) is 0.774. The molecule has 1 amide bonds. The van der Waals surface area contributed by atoms with Crippen molar-refractivity contribution in [3.8, 4) is 6.07 Å². The minimum Gasteiger partial charge on any atom is -0.355 e. The lowest BCUT2D eigenvalue weighted by Gasteiger charge is -2.37. The fourth-order valence-electron chi connectivity index (χ4n) is 3.38. The molecule has 1 atom stereocenters. The number of piperidine rings is 1. The van der Waals surface area contributed by atoms with Crippen molar-refractivity contribution in [3.05, 3.63) is 23.9 Å². The molecule has 0 radical (unpaired) electrons. The summed E-state index contributed by atoms with van der Waals surface area (Å²) in [6.45, 7) is 2.42. The molecule has 104 valence electrons. The summed E-state index contributed by atoms with van der Waals surface area (Å²) >= 11 is 0. The van der Waals surface area contributed by atoms with E-state index in [1.54, 1.807) is 6.07 Å². The molecule has 2 saturated heterocycles. The molecule has 2 aliphatic rings. The first-order valence-corrected chi connectivity index (χ1v) is 7.02. The number of pyridine rings is 1. The first-order valence-electron chi connectivity index (χ1n) is 7.02. The molecule has 0 bridgehead atoms. The van der Waals surface area contributed by atoms with Gasteiger partial charge in [0.25, 0.3) is 0 Å². The number of likely N-dealkylation sites (tertiary alicyclic amines) is 1. The molecule has 5 nitrogen and oxygen atoms in total. The molecule has 20 heavy (non-hydrogen) atoms. The Kier molecular flexibility index (Phi) is 3.09. The van der Waals surface area contributed by atoms with Crippen LogP contribution < -0.4 is 4.90 Å². The summed E-state index contributed by atoms with van der Waals surface area (Å²) in [5.41, 5.74) is 0.188. The number of aromatic nitrogens is 1. The summed E-state index contributed by atoms with van der Waals surface area (Å²) in [5, 5.41) is 8.93. The Labute approximate surface area is 118 Å². The van der Waals surface area contributed by atoms with Crippen LogP contribution in [0.2, 0.25) is 0 Å². The minimum absolute atomic E-state index is 0.239. The van der Waals surface area contributed by atoms with Crippen LogP contribution in [0.5, 0.6) is 0 Å². The van der Waals surface area contributed by atoms with Gasteiger partial charge in [0, 0.05) is 26.7 Å². The van der Waals surface area contributed by atoms with Crippen LogP contribution in [0, 0.1) is 16.7 Å². The Bertz CT molecular complexity index is 579. The van der Waals surface area contributed by atoms with Crippen LogP contribution in [-0.4, -0.2) is 42.5 Å². The molecule has 0 aromatic carbocycles. The number of carbonyl (C=O) groups excluding carboxylic acids is 1. The molecule has 3 heterocycles. The van der Waals surface area contributed by atoms with Crippen molar-refractivity contribution in [1.82, 2.24) is 9.88 Å². The maximum absolute atomic E-state index is 12.5. The highest BCUT2D eigenvalue weighted by Crippen LogP contribution is 2.40. The molecule has 2 aliphatic heterocycles. The van der Waals surface area contributed by atoms with Crippen molar-refractivity contribution in [2.45, 2.75) is 19.3 Å². The SMILES string of the molecule is CN1CCC[C@@]2(CCN(c3cccc(C#N)n3)C2)C1=O. The van der Waals surface area contributed by atoms with E-state index in [-0.39, 0.29) is 11.3 Å². The molecule has 0 saturated carbocycles. The van der Waals surface area contributed by atoms with Gasteiger partial charge in [0.1, 0.15) is 17.6 Å². The zero-order valence-electron chi connectivity index (χ0n) is 11.7. The van der Waals surface area contributed by atoms with Crippen molar-refractivity contribution in [1.29, 1.82) is 5.26 Å². The largest absolute Gasteiger partial charge is 0.355 e. The number of amides is 1. The van der Waals surface area contributed by atoms with Gasteiger partial charge in [-0.1, -0.05) is 6.07 Å². The highest BCUT2D eigenvalue weighted by Gasteiger charge is 2.47. The second kappa shape index (κ2) is 4.78. The summed E-state index contributed by atoms with van der Waals surface area (Å²) in [5.74, 6) is 1.07. The summed E-state index contributed by atoms with van der Waals surface area (Å²) in [7, 11) is 1.89. The van der Waals surface area contributed by atoms with Crippen LogP contribution in [-0.2, 0) is 4.79 Å². The number of anilines is 1. The van der Waals surface area contributed by atoms with Crippen LogP contribution in [0.3, 0.4) is 0 Å². The Morgan fingerprint density at radius 2 is 2.20 bits per heavy atom. The van der Waals surface area contributed by atoms with Gasteiger partial charge in [-0.15, -0.1) is 0 Å². The molecule has 2 fully saturated rings. The zero-order valence-corrected chi connectivity index (χ0v) is 11.7. The number of hydrogen-bond acceptors (Lipinski definition) is 4. The molecule has 1 aromatic rings. The average molecular weight is 270 g/mol. The highest BCUT2D eigenvalue weighted by atomic mass is 16.2. The van der Waals surface area contributed by atoms with Crippen LogP contribution in [0.25, 0.3) is 0 Å². The van der Waals surface area contributed by atoms with Gasteiger partial charge in [0.2, 0.25) is 5.91 Å². The maximum atomic E-state index is 12.5. The van der Waals surface area contributed by atoms with Gasteiger partial charge in [0.15, 0.2) is 0 Å². The van der Waals surface area contributed by atoms with Gasteiger partial charge >= 0.3 is 0 Å². The van der Waals surface area contributed by atoms with E-state index in [2.05, 4.69) is 16.0 Å². The van der Waals surface area contributed by atoms with Gasteiger partial charge in [-0.3, -0.25) is 4.79 Å². The van der Waals surface area contributed by atoms with Gasteiger partial charge in [-0.2, -0.15) is 5.26 Å². The topological polar surface area (TPSA) is 60.2 Å². The monoisotopic (exact) mass is 270 g/mol. The normalized spacial score (nSPS) is 26.1. The Morgan fingerprint density at radius 3 is 3.00 bits per heavy atom. The van der Waals surface area contributed by atoms with Crippen molar-refractivity contribution < 1.29 is 4.79 Å². The minimum atomic E-state index is -0.239. The third-order valence-electron chi connectivity index (χ3n) is 4.48. The lowest BCUT2D eigenvalue weighted by Crippen LogP contribution is -2.48. The van der Waals surface area contributed by atoms with Crippen LogP contribution in [0.1, 0.15) is 25.0 Å². The van der Waals surface area contributed by atoms with E-state index in [0.29, 0.717) is 5.69 Å². The fraction of sp³-hybridized carbons (Fsp3) is 0.533. The standard InChI is InChI=1S/C15H18N4O/c1-18-8-3-6-15(14(18)20)7-9-19(11-15)13-5-2-4-12(10-16)17-13/h2,4-5H,3,6-9,11H2,1H3/t15-/m0/s1. The van der Waals surface area contributed by atoms with Crippen LogP contribution >= 0.6 is 0 Å². The summed E-state index contributed by atoms with van der Waals surface area (Å²) < 4.78 is 0. The Morgan fingerprint density at radius 1 is 1.35 bits per heavy atom. The third-order valence-corrected chi connectivity index (χ3v) is 4.48. The number of nitriles is 1. The molecule has 3 rings (SSSR count). The second-order valence-corrected chi connectivity index (χ2v) is 5.77. The first-order chi connectivity index (χ1) is 9.64. The van der Waals surface area contributed by atoms with Crippen LogP contribution in [0.4, 0.5) is 5.82 Å². The number of carbonyl (C=O) groups is 1. The predicted octanol–water partition coefficient (Wildman–Crippen LogP) is 1.40. The van der Waals surface area contributed by atoms with E-state index in [4.69, 9.17) is 5.26 Å². The molecule has 5 heteroatoms. The summed E-state index contributed by atoms with van der Waals surface area (Å²) in [4.78, 5) is 20.8. The average Bonchev–Trinajstić information content (AvgIpc) is 2.90. The van der Waals surface area contributed by atoms with Crippen molar-refractivity contribution in [3.63, 3.8) is 0 Å². The van der Waals surface area contributed by atoms with Gasteiger partial charge in [-0.05, 0) is 31.4 Å². The molecule has 1 aromatic heterocycles. The first kappa shape index (κ1) is 12.9.